The predicted octanol–water partition coefficient (Wildman–Crippen LogP) is -0.352. The summed E-state index contributed by atoms with van der Waals surface area (Å²) in [5.74, 6) is 0. The lowest BCUT2D eigenvalue weighted by molar-refractivity contribution is 0.152. The summed E-state index contributed by atoms with van der Waals surface area (Å²) in [5, 5.41) is 8.80. The molecule has 1 unspecified atom stereocenters. The molecule has 0 aliphatic rings. The first-order valence-electron chi connectivity index (χ1n) is 3.77. The highest BCUT2D eigenvalue weighted by molar-refractivity contribution is 4.66. The Morgan fingerprint density at radius 2 is 2.20 bits per heavy atom. The van der Waals surface area contributed by atoms with Crippen LogP contribution in [0.1, 0.15) is 13.3 Å². The van der Waals surface area contributed by atoms with Crippen molar-refractivity contribution >= 4 is 0 Å². The Morgan fingerprint density at radius 1 is 1.60 bits per heavy atom. The van der Waals surface area contributed by atoms with Crippen LogP contribution in [-0.4, -0.2) is 42.8 Å². The van der Waals surface area contributed by atoms with Crippen LogP contribution in [-0.2, 0) is 0 Å². The third-order valence-electron chi connectivity index (χ3n) is 1.68. The summed E-state index contributed by atoms with van der Waals surface area (Å²) in [6.45, 7) is 3.81. The van der Waals surface area contributed by atoms with Crippen LogP contribution in [0, 0.1) is 0 Å². The summed E-state index contributed by atoms with van der Waals surface area (Å²) < 4.78 is 0. The van der Waals surface area contributed by atoms with Crippen molar-refractivity contribution in [3.8, 4) is 0 Å². The van der Waals surface area contributed by atoms with Crippen molar-refractivity contribution in [1.29, 1.82) is 0 Å². The molecule has 62 valence electrons. The monoisotopic (exact) mass is 146 g/mol. The van der Waals surface area contributed by atoms with Gasteiger partial charge in [-0.1, -0.05) is 6.92 Å². The van der Waals surface area contributed by atoms with E-state index < -0.39 is 0 Å². The highest BCUT2D eigenvalue weighted by Crippen LogP contribution is 1.93. The Balaban J connectivity index is 3.53. The fourth-order valence-corrected chi connectivity index (χ4v) is 0.929. The van der Waals surface area contributed by atoms with Gasteiger partial charge in [0, 0.05) is 12.6 Å². The predicted molar refractivity (Wildman–Crippen MR) is 42.8 cm³/mol. The number of likely N-dealkylation sites (N-methyl/N-ethyl adjacent to an activating group) is 1. The molecule has 0 fully saturated rings. The molecule has 0 aromatic carbocycles. The van der Waals surface area contributed by atoms with Crippen LogP contribution < -0.4 is 5.73 Å². The minimum absolute atomic E-state index is 0.139. The largest absolute Gasteiger partial charge is 0.395 e. The first-order chi connectivity index (χ1) is 4.76. The van der Waals surface area contributed by atoms with Crippen molar-refractivity contribution in [3.05, 3.63) is 0 Å². The fourth-order valence-electron chi connectivity index (χ4n) is 0.929. The molecule has 3 N–H and O–H groups in total. The van der Waals surface area contributed by atoms with E-state index >= 15 is 0 Å². The van der Waals surface area contributed by atoms with Crippen molar-refractivity contribution in [2.45, 2.75) is 19.4 Å². The molecule has 0 aliphatic heterocycles. The molecule has 1 atom stereocenters. The molecular weight excluding hydrogens is 128 g/mol. The van der Waals surface area contributed by atoms with Crippen LogP contribution in [0.5, 0.6) is 0 Å². The molecule has 0 amide bonds. The molecule has 0 saturated carbocycles. The Bertz CT molecular complexity index is 74.0. The van der Waals surface area contributed by atoms with Gasteiger partial charge in [0.1, 0.15) is 0 Å². The number of nitrogens with two attached hydrogens (primary N) is 1. The minimum atomic E-state index is 0.139. The van der Waals surface area contributed by atoms with Crippen LogP contribution in [0.3, 0.4) is 0 Å². The lowest BCUT2D eigenvalue weighted by Crippen LogP contribution is -2.40. The topological polar surface area (TPSA) is 49.5 Å². The smallest absolute Gasteiger partial charge is 0.0599 e. The van der Waals surface area contributed by atoms with Gasteiger partial charge in [-0.05, 0) is 20.0 Å². The fraction of sp³-hybridized carbons (Fsp3) is 1.00. The van der Waals surface area contributed by atoms with Crippen molar-refractivity contribution in [1.82, 2.24) is 4.90 Å². The average molecular weight is 146 g/mol. The zero-order chi connectivity index (χ0) is 7.98. The number of aliphatic hydroxyl groups excluding tert-OH is 1. The molecule has 0 aromatic rings. The third-order valence-corrected chi connectivity index (χ3v) is 1.68. The van der Waals surface area contributed by atoms with Gasteiger partial charge in [0.2, 0.25) is 0 Å². The van der Waals surface area contributed by atoms with Gasteiger partial charge in [-0.3, -0.25) is 4.90 Å². The van der Waals surface area contributed by atoms with Gasteiger partial charge in [-0.2, -0.15) is 0 Å². The summed E-state index contributed by atoms with van der Waals surface area (Å²) in [4.78, 5) is 2.08. The molecule has 0 spiro atoms. The van der Waals surface area contributed by atoms with Gasteiger partial charge in [-0.25, -0.2) is 0 Å². The number of rotatable bonds is 5. The SMILES string of the molecule is CCCN(C)C(CN)CO. The van der Waals surface area contributed by atoms with Gasteiger partial charge in [-0.15, -0.1) is 0 Å². The Labute approximate surface area is 62.8 Å². The summed E-state index contributed by atoms with van der Waals surface area (Å²) in [7, 11) is 1.98. The van der Waals surface area contributed by atoms with Gasteiger partial charge in [0.15, 0.2) is 0 Å². The number of hydrogen-bond acceptors (Lipinski definition) is 3. The Hall–Kier alpha value is -0.120. The molecule has 0 heterocycles. The number of nitrogens with zero attached hydrogens (tertiary/aromatic N) is 1. The minimum Gasteiger partial charge on any atom is -0.395 e. The van der Waals surface area contributed by atoms with E-state index in [4.69, 9.17) is 10.8 Å². The summed E-state index contributed by atoms with van der Waals surface area (Å²) >= 11 is 0. The van der Waals surface area contributed by atoms with Crippen molar-refractivity contribution in [2.24, 2.45) is 5.73 Å². The lowest BCUT2D eigenvalue weighted by Gasteiger charge is -2.24. The summed E-state index contributed by atoms with van der Waals surface area (Å²) in [6, 6.07) is 0.139. The molecular formula is C7H18N2O. The second kappa shape index (κ2) is 5.65. The molecule has 0 aliphatic carbocycles. The summed E-state index contributed by atoms with van der Waals surface area (Å²) in [5.41, 5.74) is 5.41. The zero-order valence-electron chi connectivity index (χ0n) is 6.88. The molecule has 0 saturated heterocycles. The average Bonchev–Trinajstić information content (AvgIpc) is 1.91. The third kappa shape index (κ3) is 3.15. The Kier molecular flexibility index (Phi) is 5.58. The standard InChI is InChI=1S/C7H18N2O/c1-3-4-9(2)7(5-8)6-10/h7,10H,3-6,8H2,1-2H3. The van der Waals surface area contributed by atoms with E-state index in [0.717, 1.165) is 13.0 Å². The van der Waals surface area contributed by atoms with Gasteiger partial charge >= 0.3 is 0 Å². The van der Waals surface area contributed by atoms with Gasteiger partial charge in [0.25, 0.3) is 0 Å². The molecule has 3 heteroatoms. The maximum atomic E-state index is 8.80. The van der Waals surface area contributed by atoms with Crippen LogP contribution in [0.25, 0.3) is 0 Å². The summed E-state index contributed by atoms with van der Waals surface area (Å²) in [6.07, 6.45) is 1.10. The van der Waals surface area contributed by atoms with E-state index in [1.54, 1.807) is 0 Å². The van der Waals surface area contributed by atoms with E-state index in [-0.39, 0.29) is 12.6 Å². The molecule has 10 heavy (non-hydrogen) atoms. The van der Waals surface area contributed by atoms with Gasteiger partial charge < -0.3 is 10.8 Å². The molecule has 0 bridgehead atoms. The number of hydrogen-bond donors (Lipinski definition) is 2. The zero-order valence-corrected chi connectivity index (χ0v) is 6.88. The normalized spacial score (nSPS) is 14.1. The van der Waals surface area contributed by atoms with E-state index in [1.165, 1.54) is 0 Å². The van der Waals surface area contributed by atoms with E-state index in [9.17, 15) is 0 Å². The number of aliphatic hydroxyl groups is 1. The molecule has 0 aromatic heterocycles. The van der Waals surface area contributed by atoms with Crippen LogP contribution in [0.2, 0.25) is 0 Å². The second-order valence-electron chi connectivity index (χ2n) is 2.55. The Morgan fingerprint density at radius 3 is 2.50 bits per heavy atom. The highest BCUT2D eigenvalue weighted by Gasteiger charge is 2.09. The van der Waals surface area contributed by atoms with Crippen molar-refractivity contribution in [2.75, 3.05) is 26.7 Å². The van der Waals surface area contributed by atoms with Gasteiger partial charge in [0.05, 0.1) is 6.61 Å². The van der Waals surface area contributed by atoms with E-state index in [1.807, 2.05) is 7.05 Å². The van der Waals surface area contributed by atoms with Crippen LogP contribution in [0.15, 0.2) is 0 Å². The van der Waals surface area contributed by atoms with Crippen molar-refractivity contribution in [3.63, 3.8) is 0 Å². The molecule has 3 nitrogen and oxygen atoms in total. The molecule has 0 rings (SSSR count). The first-order valence-corrected chi connectivity index (χ1v) is 3.77. The lowest BCUT2D eigenvalue weighted by atomic mass is 10.2. The maximum absolute atomic E-state index is 8.80. The highest BCUT2D eigenvalue weighted by atomic mass is 16.3. The van der Waals surface area contributed by atoms with E-state index in [2.05, 4.69) is 11.8 Å². The second-order valence-corrected chi connectivity index (χ2v) is 2.55. The molecule has 0 radical (unpaired) electrons. The first kappa shape index (κ1) is 9.88. The maximum Gasteiger partial charge on any atom is 0.0599 e. The van der Waals surface area contributed by atoms with E-state index in [0.29, 0.717) is 6.54 Å². The van der Waals surface area contributed by atoms with Crippen LogP contribution in [0.4, 0.5) is 0 Å². The quantitative estimate of drug-likeness (QED) is 0.557. The van der Waals surface area contributed by atoms with Crippen molar-refractivity contribution < 1.29 is 5.11 Å². The van der Waals surface area contributed by atoms with Crippen LogP contribution >= 0.6 is 0 Å².